The number of halogens is 1. The zero-order chi connectivity index (χ0) is 13.1. The van der Waals surface area contributed by atoms with E-state index >= 15 is 0 Å². The van der Waals surface area contributed by atoms with E-state index in [-0.39, 0.29) is 0 Å². The molecule has 2 rings (SSSR count). The highest BCUT2D eigenvalue weighted by atomic mass is 35.5. The molecular weight excluding hydrogens is 248 g/mol. The molecule has 1 heterocycles. The zero-order valence-electron chi connectivity index (χ0n) is 10.3. The molecule has 0 aliphatic heterocycles. The molecule has 0 aliphatic carbocycles. The Bertz CT molecular complexity index is 595. The van der Waals surface area contributed by atoms with Crippen molar-refractivity contribution in [2.24, 2.45) is 5.92 Å². The van der Waals surface area contributed by atoms with Gasteiger partial charge in [-0.2, -0.15) is 5.26 Å². The van der Waals surface area contributed by atoms with Crippen LogP contribution in [0.25, 0.3) is 11.3 Å². The van der Waals surface area contributed by atoms with Gasteiger partial charge >= 0.3 is 0 Å². The van der Waals surface area contributed by atoms with Crippen LogP contribution in [0.5, 0.6) is 0 Å². The van der Waals surface area contributed by atoms with Crippen LogP contribution in [-0.4, -0.2) is 15.0 Å². The first kappa shape index (κ1) is 12.6. The van der Waals surface area contributed by atoms with Crippen LogP contribution in [0.1, 0.15) is 19.5 Å². The molecule has 0 saturated carbocycles. The molecule has 0 radical (unpaired) electrons. The Labute approximate surface area is 111 Å². The first-order valence-corrected chi connectivity index (χ1v) is 6.09. The van der Waals surface area contributed by atoms with Crippen molar-refractivity contribution in [2.45, 2.75) is 20.4 Å². The van der Waals surface area contributed by atoms with Crippen molar-refractivity contribution in [1.82, 2.24) is 15.0 Å². The van der Waals surface area contributed by atoms with Gasteiger partial charge in [0.1, 0.15) is 11.8 Å². The van der Waals surface area contributed by atoms with Gasteiger partial charge in [0.05, 0.1) is 0 Å². The molecule has 0 amide bonds. The number of aromatic nitrogens is 3. The van der Waals surface area contributed by atoms with Crippen molar-refractivity contribution in [3.63, 3.8) is 0 Å². The minimum Gasteiger partial charge on any atom is -0.243 e. The van der Waals surface area contributed by atoms with Gasteiger partial charge < -0.3 is 0 Å². The van der Waals surface area contributed by atoms with Gasteiger partial charge in [-0.25, -0.2) is 4.68 Å². The standard InChI is InChI=1S/C13H13ClN4/c1-9(2)8-18-13(12(7-15)16-17-18)10-4-3-5-11(14)6-10/h3-6,9H,8H2,1-2H3. The van der Waals surface area contributed by atoms with Crippen LogP contribution < -0.4 is 0 Å². The van der Waals surface area contributed by atoms with E-state index in [2.05, 4.69) is 30.2 Å². The molecular formula is C13H13ClN4. The van der Waals surface area contributed by atoms with Gasteiger partial charge in [-0.15, -0.1) is 5.10 Å². The first-order valence-electron chi connectivity index (χ1n) is 5.71. The van der Waals surface area contributed by atoms with Crippen LogP contribution in [0.15, 0.2) is 24.3 Å². The van der Waals surface area contributed by atoms with Crippen LogP contribution in [0.2, 0.25) is 5.02 Å². The van der Waals surface area contributed by atoms with E-state index in [4.69, 9.17) is 16.9 Å². The summed E-state index contributed by atoms with van der Waals surface area (Å²) < 4.78 is 1.76. The molecule has 0 N–H and O–H groups in total. The second-order valence-electron chi connectivity index (χ2n) is 4.48. The maximum Gasteiger partial charge on any atom is 0.190 e. The predicted octanol–water partition coefficient (Wildman–Crippen LogP) is 3.13. The lowest BCUT2D eigenvalue weighted by molar-refractivity contribution is 0.475. The van der Waals surface area contributed by atoms with Gasteiger partial charge in [-0.05, 0) is 18.1 Å². The Kier molecular flexibility index (Phi) is 3.63. The summed E-state index contributed by atoms with van der Waals surface area (Å²) in [5.74, 6) is 0.427. The van der Waals surface area contributed by atoms with Gasteiger partial charge in [-0.3, -0.25) is 0 Å². The molecule has 0 fully saturated rings. The Morgan fingerprint density at radius 2 is 2.22 bits per heavy atom. The molecule has 0 unspecified atom stereocenters. The van der Waals surface area contributed by atoms with E-state index < -0.39 is 0 Å². The van der Waals surface area contributed by atoms with Crippen molar-refractivity contribution in [3.05, 3.63) is 35.0 Å². The summed E-state index contributed by atoms with van der Waals surface area (Å²) in [7, 11) is 0. The molecule has 0 aliphatic rings. The van der Waals surface area contributed by atoms with Crippen LogP contribution in [0.4, 0.5) is 0 Å². The van der Waals surface area contributed by atoms with E-state index in [0.717, 1.165) is 17.8 Å². The summed E-state index contributed by atoms with van der Waals surface area (Å²) >= 11 is 5.98. The van der Waals surface area contributed by atoms with Crippen molar-refractivity contribution in [1.29, 1.82) is 5.26 Å². The Morgan fingerprint density at radius 3 is 2.83 bits per heavy atom. The highest BCUT2D eigenvalue weighted by Gasteiger charge is 2.15. The average molecular weight is 261 g/mol. The van der Waals surface area contributed by atoms with Crippen molar-refractivity contribution in [3.8, 4) is 17.3 Å². The fourth-order valence-electron chi connectivity index (χ4n) is 1.78. The summed E-state index contributed by atoms with van der Waals surface area (Å²) in [5, 5.41) is 17.7. The lowest BCUT2D eigenvalue weighted by Gasteiger charge is -2.09. The van der Waals surface area contributed by atoms with Crippen molar-refractivity contribution >= 4 is 11.6 Å². The third kappa shape index (κ3) is 2.52. The lowest BCUT2D eigenvalue weighted by atomic mass is 10.1. The van der Waals surface area contributed by atoms with Gasteiger partial charge in [0.25, 0.3) is 0 Å². The molecule has 2 aromatic rings. The average Bonchev–Trinajstić information content (AvgIpc) is 2.71. The second-order valence-corrected chi connectivity index (χ2v) is 4.92. The number of benzene rings is 1. The molecule has 5 heteroatoms. The summed E-state index contributed by atoms with van der Waals surface area (Å²) in [6, 6.07) is 9.44. The fraction of sp³-hybridized carbons (Fsp3) is 0.308. The molecule has 0 spiro atoms. The maximum atomic E-state index is 9.10. The van der Waals surface area contributed by atoms with Crippen LogP contribution in [0.3, 0.4) is 0 Å². The Balaban J connectivity index is 2.54. The van der Waals surface area contributed by atoms with E-state index in [9.17, 15) is 0 Å². The van der Waals surface area contributed by atoms with E-state index in [1.807, 2.05) is 18.2 Å². The molecule has 92 valence electrons. The number of nitrogens with zero attached hydrogens (tertiary/aromatic N) is 4. The second kappa shape index (κ2) is 5.19. The summed E-state index contributed by atoms with van der Waals surface area (Å²) in [5.41, 5.74) is 1.93. The van der Waals surface area contributed by atoms with E-state index in [1.165, 1.54) is 0 Å². The minimum absolute atomic E-state index is 0.331. The van der Waals surface area contributed by atoms with Crippen LogP contribution in [0, 0.1) is 17.2 Å². The third-order valence-electron chi connectivity index (χ3n) is 2.48. The molecule has 18 heavy (non-hydrogen) atoms. The first-order chi connectivity index (χ1) is 8.61. The molecule has 4 nitrogen and oxygen atoms in total. The highest BCUT2D eigenvalue weighted by Crippen LogP contribution is 2.25. The van der Waals surface area contributed by atoms with Crippen molar-refractivity contribution in [2.75, 3.05) is 0 Å². The maximum absolute atomic E-state index is 9.10. The number of nitriles is 1. The van der Waals surface area contributed by atoms with Gasteiger partial charge in [0.15, 0.2) is 5.69 Å². The smallest absolute Gasteiger partial charge is 0.190 e. The van der Waals surface area contributed by atoms with Gasteiger partial charge in [0, 0.05) is 17.1 Å². The van der Waals surface area contributed by atoms with Gasteiger partial charge in [-0.1, -0.05) is 42.8 Å². The minimum atomic E-state index is 0.331. The number of hydrogen-bond donors (Lipinski definition) is 0. The third-order valence-corrected chi connectivity index (χ3v) is 2.71. The Morgan fingerprint density at radius 1 is 1.44 bits per heavy atom. The largest absolute Gasteiger partial charge is 0.243 e. The fourth-order valence-corrected chi connectivity index (χ4v) is 1.97. The molecule has 1 aromatic carbocycles. The lowest BCUT2D eigenvalue weighted by Crippen LogP contribution is -2.08. The number of hydrogen-bond acceptors (Lipinski definition) is 3. The molecule has 0 bridgehead atoms. The summed E-state index contributed by atoms with van der Waals surface area (Å²) in [6.45, 7) is 4.90. The topological polar surface area (TPSA) is 54.5 Å². The summed E-state index contributed by atoms with van der Waals surface area (Å²) in [6.07, 6.45) is 0. The number of rotatable bonds is 3. The quantitative estimate of drug-likeness (QED) is 0.852. The monoisotopic (exact) mass is 260 g/mol. The molecule has 0 saturated heterocycles. The van der Waals surface area contributed by atoms with Crippen molar-refractivity contribution < 1.29 is 0 Å². The van der Waals surface area contributed by atoms with Gasteiger partial charge in [0.2, 0.25) is 0 Å². The Hall–Kier alpha value is -1.86. The normalized spacial score (nSPS) is 10.6. The van der Waals surface area contributed by atoms with Crippen LogP contribution >= 0.6 is 11.6 Å². The summed E-state index contributed by atoms with van der Waals surface area (Å²) in [4.78, 5) is 0. The van der Waals surface area contributed by atoms with E-state index in [1.54, 1.807) is 10.7 Å². The van der Waals surface area contributed by atoms with Crippen LogP contribution in [-0.2, 0) is 6.54 Å². The predicted molar refractivity (Wildman–Crippen MR) is 70.0 cm³/mol. The molecule has 0 atom stereocenters. The molecule has 1 aromatic heterocycles. The van der Waals surface area contributed by atoms with E-state index in [0.29, 0.717) is 16.6 Å². The zero-order valence-corrected chi connectivity index (χ0v) is 11.0. The highest BCUT2D eigenvalue weighted by molar-refractivity contribution is 6.30. The SMILES string of the molecule is CC(C)Cn1nnc(C#N)c1-c1cccc(Cl)c1.